The molecule has 12 heavy (non-hydrogen) atoms. The van der Waals surface area contributed by atoms with Gasteiger partial charge in [-0.15, -0.1) is 0 Å². The standard InChI is InChI=1S/C9H17N3/c1-4-12(3)10-9-7-5-6-8-11(9)2/h4H,1,5-8H2,2-3H3/b10-9-. The summed E-state index contributed by atoms with van der Waals surface area (Å²) in [6, 6.07) is 0. The van der Waals surface area contributed by atoms with Crippen LogP contribution in [0.15, 0.2) is 17.9 Å². The molecule has 1 aliphatic rings. The van der Waals surface area contributed by atoms with Crippen LogP contribution in [0.5, 0.6) is 0 Å². The molecule has 0 radical (unpaired) electrons. The molecule has 1 rings (SSSR count). The van der Waals surface area contributed by atoms with Gasteiger partial charge in [0.2, 0.25) is 0 Å². The van der Waals surface area contributed by atoms with Crippen LogP contribution in [0.3, 0.4) is 0 Å². The SMILES string of the molecule is C=CN(C)/N=C1/CCCCN1C. The Labute approximate surface area is 74.3 Å². The number of hydrazone groups is 1. The zero-order valence-electron chi connectivity index (χ0n) is 7.95. The number of rotatable bonds is 2. The molecule has 3 nitrogen and oxygen atoms in total. The first-order chi connectivity index (χ1) is 5.74. The van der Waals surface area contributed by atoms with Crippen molar-refractivity contribution in [3.8, 4) is 0 Å². The fraction of sp³-hybridized carbons (Fsp3) is 0.667. The van der Waals surface area contributed by atoms with E-state index >= 15 is 0 Å². The van der Waals surface area contributed by atoms with E-state index in [4.69, 9.17) is 0 Å². The smallest absolute Gasteiger partial charge is 0.125 e. The summed E-state index contributed by atoms with van der Waals surface area (Å²) >= 11 is 0. The lowest BCUT2D eigenvalue weighted by Gasteiger charge is -2.26. The highest BCUT2D eigenvalue weighted by Crippen LogP contribution is 2.10. The van der Waals surface area contributed by atoms with Crippen molar-refractivity contribution in [2.75, 3.05) is 20.6 Å². The molecule has 0 aromatic rings. The Morgan fingerprint density at radius 2 is 2.33 bits per heavy atom. The van der Waals surface area contributed by atoms with E-state index in [2.05, 4.69) is 23.6 Å². The molecule has 1 aliphatic heterocycles. The van der Waals surface area contributed by atoms with E-state index in [0.29, 0.717) is 0 Å². The van der Waals surface area contributed by atoms with E-state index in [1.165, 1.54) is 18.7 Å². The highest BCUT2D eigenvalue weighted by Gasteiger charge is 2.12. The van der Waals surface area contributed by atoms with Gasteiger partial charge in [-0.2, -0.15) is 5.10 Å². The van der Waals surface area contributed by atoms with Crippen LogP contribution in [0.1, 0.15) is 19.3 Å². The van der Waals surface area contributed by atoms with Crippen LogP contribution in [-0.2, 0) is 0 Å². The molecule has 0 amide bonds. The maximum absolute atomic E-state index is 4.39. The highest BCUT2D eigenvalue weighted by molar-refractivity contribution is 5.82. The van der Waals surface area contributed by atoms with Crippen molar-refractivity contribution >= 4 is 5.84 Å². The molecule has 1 fully saturated rings. The van der Waals surface area contributed by atoms with Crippen LogP contribution in [0.25, 0.3) is 0 Å². The highest BCUT2D eigenvalue weighted by atomic mass is 15.5. The molecular formula is C9H17N3. The van der Waals surface area contributed by atoms with E-state index in [-0.39, 0.29) is 0 Å². The van der Waals surface area contributed by atoms with E-state index < -0.39 is 0 Å². The number of nitrogens with zero attached hydrogens (tertiary/aromatic N) is 3. The molecule has 0 saturated carbocycles. The molecule has 1 saturated heterocycles. The molecule has 68 valence electrons. The third-order valence-electron chi connectivity index (χ3n) is 2.12. The summed E-state index contributed by atoms with van der Waals surface area (Å²) in [7, 11) is 4.00. The Bertz CT molecular complexity index is 186. The van der Waals surface area contributed by atoms with Crippen molar-refractivity contribution in [2.24, 2.45) is 5.10 Å². The van der Waals surface area contributed by atoms with Crippen LogP contribution < -0.4 is 0 Å². The summed E-state index contributed by atoms with van der Waals surface area (Å²) in [4.78, 5) is 2.21. The zero-order chi connectivity index (χ0) is 8.97. The average Bonchev–Trinajstić information content (AvgIpc) is 2.09. The molecule has 1 heterocycles. The second-order valence-corrected chi connectivity index (χ2v) is 3.15. The summed E-state index contributed by atoms with van der Waals surface area (Å²) in [5.41, 5.74) is 0. The van der Waals surface area contributed by atoms with Crippen LogP contribution in [-0.4, -0.2) is 36.4 Å². The van der Waals surface area contributed by atoms with Gasteiger partial charge < -0.3 is 4.90 Å². The van der Waals surface area contributed by atoms with Crippen LogP contribution in [0.4, 0.5) is 0 Å². The van der Waals surface area contributed by atoms with E-state index in [0.717, 1.165) is 13.0 Å². The van der Waals surface area contributed by atoms with Gasteiger partial charge in [0.15, 0.2) is 0 Å². The number of likely N-dealkylation sites (tertiary alicyclic amines) is 1. The van der Waals surface area contributed by atoms with Crippen LogP contribution in [0.2, 0.25) is 0 Å². The van der Waals surface area contributed by atoms with Crippen LogP contribution in [0, 0.1) is 0 Å². The third kappa shape index (κ3) is 2.26. The number of hydrogen-bond donors (Lipinski definition) is 0. The monoisotopic (exact) mass is 167 g/mol. The number of amidine groups is 1. The van der Waals surface area contributed by atoms with Crippen molar-refractivity contribution in [3.63, 3.8) is 0 Å². The van der Waals surface area contributed by atoms with Crippen LogP contribution >= 0.6 is 0 Å². The third-order valence-corrected chi connectivity index (χ3v) is 2.12. The van der Waals surface area contributed by atoms with Gasteiger partial charge in [0.1, 0.15) is 5.84 Å². The predicted octanol–water partition coefficient (Wildman–Crippen LogP) is 1.49. The minimum absolute atomic E-state index is 1.09. The van der Waals surface area contributed by atoms with E-state index in [1.807, 2.05) is 7.05 Å². The molecule has 3 heteroatoms. The topological polar surface area (TPSA) is 18.8 Å². The molecule has 0 aromatic carbocycles. The minimum atomic E-state index is 1.09. The Morgan fingerprint density at radius 3 is 2.92 bits per heavy atom. The van der Waals surface area contributed by atoms with Crippen molar-refractivity contribution in [2.45, 2.75) is 19.3 Å². The maximum Gasteiger partial charge on any atom is 0.125 e. The van der Waals surface area contributed by atoms with E-state index in [1.54, 1.807) is 11.2 Å². The van der Waals surface area contributed by atoms with Gasteiger partial charge in [-0.3, -0.25) is 5.01 Å². The quantitative estimate of drug-likeness (QED) is 0.580. The largest absolute Gasteiger partial charge is 0.362 e. The van der Waals surface area contributed by atoms with Gasteiger partial charge >= 0.3 is 0 Å². The minimum Gasteiger partial charge on any atom is -0.362 e. The first kappa shape index (κ1) is 9.10. The van der Waals surface area contributed by atoms with Crippen molar-refractivity contribution in [3.05, 3.63) is 12.8 Å². The first-order valence-corrected chi connectivity index (χ1v) is 4.38. The predicted molar refractivity (Wildman–Crippen MR) is 51.9 cm³/mol. The fourth-order valence-electron chi connectivity index (χ4n) is 1.30. The van der Waals surface area contributed by atoms with Gasteiger partial charge in [-0.05, 0) is 12.8 Å². The normalized spacial score (nSPS) is 21.2. The van der Waals surface area contributed by atoms with Gasteiger partial charge in [0.05, 0.1) is 0 Å². The summed E-state index contributed by atoms with van der Waals surface area (Å²) in [6.07, 6.45) is 5.35. The Kier molecular flexibility index (Phi) is 3.14. The van der Waals surface area contributed by atoms with Gasteiger partial charge in [0, 0.05) is 33.3 Å². The lowest BCUT2D eigenvalue weighted by atomic mass is 10.1. The zero-order valence-corrected chi connectivity index (χ0v) is 7.95. The summed E-state index contributed by atoms with van der Waals surface area (Å²) in [5.74, 6) is 1.17. The lowest BCUT2D eigenvalue weighted by Crippen LogP contribution is -2.32. The number of piperidine rings is 1. The molecular weight excluding hydrogens is 150 g/mol. The molecule has 0 aliphatic carbocycles. The van der Waals surface area contributed by atoms with Gasteiger partial charge in [-0.25, -0.2) is 0 Å². The molecule has 0 aromatic heterocycles. The summed E-state index contributed by atoms with van der Waals surface area (Å²) in [5, 5.41) is 6.15. The Balaban J connectivity index is 2.57. The summed E-state index contributed by atoms with van der Waals surface area (Å²) < 4.78 is 0. The maximum atomic E-state index is 4.39. The average molecular weight is 167 g/mol. The Hall–Kier alpha value is -0.990. The lowest BCUT2D eigenvalue weighted by molar-refractivity contribution is 0.402. The molecule has 0 N–H and O–H groups in total. The first-order valence-electron chi connectivity index (χ1n) is 4.38. The molecule has 0 bridgehead atoms. The van der Waals surface area contributed by atoms with Gasteiger partial charge in [-0.1, -0.05) is 6.58 Å². The fourth-order valence-corrected chi connectivity index (χ4v) is 1.30. The van der Waals surface area contributed by atoms with Gasteiger partial charge in [0.25, 0.3) is 0 Å². The second kappa shape index (κ2) is 4.14. The van der Waals surface area contributed by atoms with Crippen molar-refractivity contribution < 1.29 is 0 Å². The molecule has 0 unspecified atom stereocenters. The molecule has 0 atom stereocenters. The molecule has 0 spiro atoms. The van der Waals surface area contributed by atoms with Crippen molar-refractivity contribution in [1.82, 2.24) is 9.91 Å². The summed E-state index contributed by atoms with van der Waals surface area (Å²) in [6.45, 7) is 4.78. The second-order valence-electron chi connectivity index (χ2n) is 3.15. The van der Waals surface area contributed by atoms with Crippen molar-refractivity contribution in [1.29, 1.82) is 0 Å². The van der Waals surface area contributed by atoms with E-state index in [9.17, 15) is 0 Å². The number of hydrogen-bond acceptors (Lipinski definition) is 2. The Morgan fingerprint density at radius 1 is 1.58 bits per heavy atom.